The molecule has 4 N–H and O–H groups in total. The zero-order valence-corrected chi connectivity index (χ0v) is 13.1. The Kier molecular flexibility index (Phi) is 3.24. The molecule has 0 aromatic heterocycles. The minimum Gasteiger partial charge on any atom is -0.384 e. The molecular formula is C17H25N3O. The van der Waals surface area contributed by atoms with Crippen molar-refractivity contribution in [1.82, 2.24) is 5.32 Å². The number of hydrogen-bond donors (Lipinski definition) is 3. The molecule has 21 heavy (non-hydrogen) atoms. The number of fused-ring (bicyclic) bond motifs is 2. The minimum atomic E-state index is -0.241. The predicted octanol–water partition coefficient (Wildman–Crippen LogP) is 2.00. The lowest BCUT2D eigenvalue weighted by atomic mass is 9.70. The van der Waals surface area contributed by atoms with Gasteiger partial charge in [-0.3, -0.25) is 4.79 Å². The number of benzene rings is 1. The lowest BCUT2D eigenvalue weighted by molar-refractivity contribution is -0.119. The summed E-state index contributed by atoms with van der Waals surface area (Å²) in [6.45, 7) is 7.61. The van der Waals surface area contributed by atoms with Gasteiger partial charge in [-0.1, -0.05) is 39.0 Å². The van der Waals surface area contributed by atoms with Gasteiger partial charge in [0, 0.05) is 23.7 Å². The fourth-order valence-corrected chi connectivity index (χ4v) is 3.93. The quantitative estimate of drug-likeness (QED) is 0.779. The van der Waals surface area contributed by atoms with Crippen LogP contribution in [-0.2, 0) is 10.2 Å². The van der Waals surface area contributed by atoms with Crippen molar-refractivity contribution in [3.8, 4) is 0 Å². The van der Waals surface area contributed by atoms with Crippen molar-refractivity contribution < 1.29 is 4.79 Å². The van der Waals surface area contributed by atoms with E-state index < -0.39 is 0 Å². The highest BCUT2D eigenvalue weighted by Gasteiger charge is 2.53. The van der Waals surface area contributed by atoms with Gasteiger partial charge in [-0.05, 0) is 29.9 Å². The zero-order valence-electron chi connectivity index (χ0n) is 13.1. The first-order valence-corrected chi connectivity index (χ1v) is 7.71. The van der Waals surface area contributed by atoms with Crippen LogP contribution in [0.5, 0.6) is 0 Å². The van der Waals surface area contributed by atoms with E-state index in [1.807, 2.05) is 0 Å². The number of nitrogens with two attached hydrogens (primary N) is 1. The van der Waals surface area contributed by atoms with Crippen LogP contribution in [0.15, 0.2) is 24.3 Å². The third-order valence-corrected chi connectivity index (χ3v) is 4.86. The first kappa shape index (κ1) is 14.4. The van der Waals surface area contributed by atoms with Gasteiger partial charge in [0.2, 0.25) is 5.91 Å². The Bertz CT molecular complexity index is 563. The molecular weight excluding hydrogens is 262 g/mol. The average molecular weight is 287 g/mol. The molecule has 3 unspecified atom stereocenters. The Morgan fingerprint density at radius 3 is 2.76 bits per heavy atom. The van der Waals surface area contributed by atoms with Crippen LogP contribution >= 0.6 is 0 Å². The van der Waals surface area contributed by atoms with Crippen molar-refractivity contribution in [3.63, 3.8) is 0 Å². The number of nitrogens with one attached hydrogen (secondary N) is 2. The molecule has 1 aromatic carbocycles. The molecule has 4 nitrogen and oxygen atoms in total. The lowest BCUT2D eigenvalue weighted by Gasteiger charge is -2.35. The van der Waals surface area contributed by atoms with Gasteiger partial charge in [0.05, 0.1) is 6.04 Å². The highest BCUT2D eigenvalue weighted by atomic mass is 16.1. The summed E-state index contributed by atoms with van der Waals surface area (Å²) in [6, 6.07) is 8.49. The smallest absolute Gasteiger partial charge is 0.234 e. The lowest BCUT2D eigenvalue weighted by Crippen LogP contribution is -2.45. The largest absolute Gasteiger partial charge is 0.384 e. The summed E-state index contributed by atoms with van der Waals surface area (Å²) in [7, 11) is 0. The van der Waals surface area contributed by atoms with Gasteiger partial charge in [-0.25, -0.2) is 0 Å². The molecule has 1 amide bonds. The number of carbonyl (C=O) groups is 1. The van der Waals surface area contributed by atoms with Gasteiger partial charge < -0.3 is 16.4 Å². The molecule has 2 heterocycles. The van der Waals surface area contributed by atoms with Gasteiger partial charge in [-0.2, -0.15) is 0 Å². The number of rotatable bonds is 2. The second-order valence-electron chi connectivity index (χ2n) is 7.70. The molecule has 2 aliphatic rings. The molecule has 1 spiro atoms. The molecule has 114 valence electrons. The van der Waals surface area contributed by atoms with Crippen molar-refractivity contribution in [2.75, 3.05) is 11.9 Å². The van der Waals surface area contributed by atoms with E-state index in [1.165, 1.54) is 11.3 Å². The number of carbonyl (C=O) groups excluding carboxylic acids is 1. The highest BCUT2D eigenvalue weighted by Crippen LogP contribution is 2.48. The van der Waals surface area contributed by atoms with E-state index in [0.717, 1.165) is 19.4 Å². The van der Waals surface area contributed by atoms with Crippen LogP contribution in [-0.4, -0.2) is 24.5 Å². The van der Waals surface area contributed by atoms with Gasteiger partial charge in [0.15, 0.2) is 0 Å². The van der Waals surface area contributed by atoms with Crippen LogP contribution in [0.1, 0.15) is 39.2 Å². The van der Waals surface area contributed by atoms with Crippen molar-refractivity contribution in [2.45, 2.75) is 51.1 Å². The predicted molar refractivity (Wildman–Crippen MR) is 85.2 cm³/mol. The molecule has 4 heteroatoms. The average Bonchev–Trinajstić information content (AvgIpc) is 2.93. The number of hydrogen-bond acceptors (Lipinski definition) is 3. The fraction of sp³-hybridized carbons (Fsp3) is 0.588. The highest BCUT2D eigenvalue weighted by molar-refractivity contribution is 5.81. The Morgan fingerprint density at radius 1 is 1.38 bits per heavy atom. The summed E-state index contributed by atoms with van der Waals surface area (Å²) < 4.78 is 0. The normalized spacial score (nSPS) is 31.2. The van der Waals surface area contributed by atoms with Crippen LogP contribution in [0.25, 0.3) is 0 Å². The summed E-state index contributed by atoms with van der Waals surface area (Å²) in [5, 5.41) is 7.02. The first-order chi connectivity index (χ1) is 9.82. The number of para-hydroxylation sites is 1. The van der Waals surface area contributed by atoms with Crippen LogP contribution < -0.4 is 16.4 Å². The minimum absolute atomic E-state index is 0.0242. The number of anilines is 1. The molecule has 3 rings (SSSR count). The molecule has 1 fully saturated rings. The fourth-order valence-electron chi connectivity index (χ4n) is 3.93. The van der Waals surface area contributed by atoms with E-state index in [2.05, 4.69) is 55.7 Å². The van der Waals surface area contributed by atoms with Crippen molar-refractivity contribution >= 4 is 11.6 Å². The summed E-state index contributed by atoms with van der Waals surface area (Å²) >= 11 is 0. The van der Waals surface area contributed by atoms with Gasteiger partial charge >= 0.3 is 0 Å². The van der Waals surface area contributed by atoms with E-state index in [0.29, 0.717) is 0 Å². The maximum atomic E-state index is 11.7. The SMILES string of the molecule is CC(C)(C)CC1NC(C(N)=O)CC12CNc1ccccc12. The maximum Gasteiger partial charge on any atom is 0.234 e. The third-order valence-electron chi connectivity index (χ3n) is 4.86. The Hall–Kier alpha value is -1.55. The first-order valence-electron chi connectivity index (χ1n) is 7.71. The molecule has 1 aromatic rings. The summed E-state index contributed by atoms with van der Waals surface area (Å²) in [6.07, 6.45) is 1.81. The Morgan fingerprint density at radius 2 is 2.10 bits per heavy atom. The third kappa shape index (κ3) is 2.42. The molecule has 2 aliphatic heterocycles. The number of amides is 1. The van der Waals surface area contributed by atoms with Crippen LogP contribution in [0.4, 0.5) is 5.69 Å². The monoisotopic (exact) mass is 287 g/mol. The molecule has 0 radical (unpaired) electrons. The van der Waals surface area contributed by atoms with Gasteiger partial charge in [-0.15, -0.1) is 0 Å². The molecule has 0 saturated carbocycles. The standard InChI is InChI=1S/C17H25N3O/c1-16(2,3)9-14-17(8-13(20-14)15(18)21)10-19-12-7-5-4-6-11(12)17/h4-7,13-14,19-20H,8-10H2,1-3H3,(H2,18,21). The van der Waals surface area contributed by atoms with E-state index in [-0.39, 0.29) is 28.8 Å². The number of primary amides is 1. The van der Waals surface area contributed by atoms with E-state index in [4.69, 9.17) is 5.73 Å². The second-order valence-corrected chi connectivity index (χ2v) is 7.70. The van der Waals surface area contributed by atoms with Gasteiger partial charge in [0.1, 0.15) is 0 Å². The van der Waals surface area contributed by atoms with E-state index in [9.17, 15) is 4.79 Å². The Balaban J connectivity index is 2.00. The van der Waals surface area contributed by atoms with E-state index >= 15 is 0 Å². The molecule has 3 atom stereocenters. The molecule has 0 bridgehead atoms. The summed E-state index contributed by atoms with van der Waals surface area (Å²) in [5.74, 6) is -0.241. The maximum absolute atomic E-state index is 11.7. The van der Waals surface area contributed by atoms with Crippen molar-refractivity contribution in [1.29, 1.82) is 0 Å². The van der Waals surface area contributed by atoms with Crippen molar-refractivity contribution in [2.24, 2.45) is 11.1 Å². The van der Waals surface area contributed by atoms with Gasteiger partial charge in [0.25, 0.3) is 0 Å². The van der Waals surface area contributed by atoms with Crippen LogP contribution in [0.2, 0.25) is 0 Å². The topological polar surface area (TPSA) is 67.1 Å². The van der Waals surface area contributed by atoms with Crippen LogP contribution in [0, 0.1) is 5.41 Å². The second kappa shape index (κ2) is 4.73. The summed E-state index contributed by atoms with van der Waals surface area (Å²) in [4.78, 5) is 11.7. The molecule has 1 saturated heterocycles. The Labute approximate surface area is 126 Å². The van der Waals surface area contributed by atoms with E-state index in [1.54, 1.807) is 0 Å². The summed E-state index contributed by atoms with van der Waals surface area (Å²) in [5.41, 5.74) is 8.28. The van der Waals surface area contributed by atoms with Crippen molar-refractivity contribution in [3.05, 3.63) is 29.8 Å². The molecule has 0 aliphatic carbocycles. The van der Waals surface area contributed by atoms with Crippen LogP contribution in [0.3, 0.4) is 0 Å². The zero-order chi connectivity index (χ0) is 15.3.